The summed E-state index contributed by atoms with van der Waals surface area (Å²) in [5.74, 6) is -1.72. The van der Waals surface area contributed by atoms with E-state index in [4.69, 9.17) is 0 Å². The Balaban J connectivity index is 2.05. The van der Waals surface area contributed by atoms with E-state index in [-0.39, 0.29) is 11.9 Å². The van der Waals surface area contributed by atoms with Gasteiger partial charge in [0.2, 0.25) is 0 Å². The van der Waals surface area contributed by atoms with E-state index < -0.39 is 11.9 Å². The Bertz CT molecular complexity index is 730. The zero-order valence-corrected chi connectivity index (χ0v) is 12.8. The molecule has 1 aliphatic heterocycles. The van der Waals surface area contributed by atoms with Gasteiger partial charge >= 0.3 is 5.97 Å². The van der Waals surface area contributed by atoms with E-state index in [1.54, 1.807) is 41.6 Å². The lowest BCUT2D eigenvalue weighted by molar-refractivity contribution is -0.140. The summed E-state index contributed by atoms with van der Waals surface area (Å²) in [4.78, 5) is 30.4. The Morgan fingerprint density at radius 1 is 1.26 bits per heavy atom. The highest BCUT2D eigenvalue weighted by Gasteiger charge is 2.42. The molecule has 5 nitrogen and oxygen atoms in total. The summed E-state index contributed by atoms with van der Waals surface area (Å²) in [5, 5.41) is 9.71. The van der Waals surface area contributed by atoms with Crippen molar-refractivity contribution in [3.05, 3.63) is 65.5 Å². The molecule has 2 heterocycles. The minimum absolute atomic E-state index is 0.117. The fraction of sp³-hybridized carbons (Fsp3) is 0.278. The molecule has 0 fully saturated rings. The van der Waals surface area contributed by atoms with Gasteiger partial charge in [-0.25, -0.2) is 0 Å². The number of aliphatic carboxylic acids is 1. The zero-order chi connectivity index (χ0) is 16.4. The fourth-order valence-electron chi connectivity index (χ4n) is 3.29. The van der Waals surface area contributed by atoms with Crippen LogP contribution in [0.1, 0.15) is 40.7 Å². The van der Waals surface area contributed by atoms with Crippen LogP contribution < -0.4 is 0 Å². The number of benzene rings is 1. The summed E-state index contributed by atoms with van der Waals surface area (Å²) in [6, 6.07) is 10.3. The summed E-state index contributed by atoms with van der Waals surface area (Å²) in [6.45, 7) is 2.28. The monoisotopic (exact) mass is 310 g/mol. The minimum atomic E-state index is -0.895. The summed E-state index contributed by atoms with van der Waals surface area (Å²) in [7, 11) is 0. The maximum absolute atomic E-state index is 12.9. The van der Waals surface area contributed by atoms with Crippen LogP contribution in [-0.2, 0) is 11.3 Å². The van der Waals surface area contributed by atoms with Gasteiger partial charge < -0.3 is 10.0 Å². The number of carboxylic acid groups (broad SMARTS) is 1. The molecule has 5 heteroatoms. The molecule has 2 aromatic rings. The second kappa shape index (κ2) is 6.20. The lowest BCUT2D eigenvalue weighted by Crippen LogP contribution is -2.49. The van der Waals surface area contributed by atoms with Gasteiger partial charge in [0.15, 0.2) is 0 Å². The number of carbonyl (C=O) groups excluding carboxylic acids is 1. The SMILES string of the molecule is CCC1C(C(=O)O)c2ccccc2C(=O)N1Cc1cccnc1. The molecular weight excluding hydrogens is 292 g/mol. The first-order valence-corrected chi connectivity index (χ1v) is 7.65. The van der Waals surface area contributed by atoms with E-state index in [0.717, 1.165) is 5.56 Å². The van der Waals surface area contributed by atoms with Gasteiger partial charge in [0.05, 0.1) is 0 Å². The van der Waals surface area contributed by atoms with Crippen molar-refractivity contribution in [3.63, 3.8) is 0 Å². The molecule has 1 amide bonds. The Labute approximate surface area is 134 Å². The second-order valence-electron chi connectivity index (χ2n) is 5.67. The number of carboxylic acids is 1. The molecule has 2 atom stereocenters. The van der Waals surface area contributed by atoms with E-state index in [0.29, 0.717) is 24.1 Å². The highest BCUT2D eigenvalue weighted by Crippen LogP contribution is 2.35. The first-order chi connectivity index (χ1) is 11.1. The minimum Gasteiger partial charge on any atom is -0.481 e. The number of nitrogens with zero attached hydrogens (tertiary/aromatic N) is 2. The second-order valence-corrected chi connectivity index (χ2v) is 5.67. The zero-order valence-electron chi connectivity index (χ0n) is 12.8. The lowest BCUT2D eigenvalue weighted by atomic mass is 9.81. The van der Waals surface area contributed by atoms with Crippen LogP contribution in [0.5, 0.6) is 0 Å². The molecule has 1 aliphatic rings. The van der Waals surface area contributed by atoms with Gasteiger partial charge in [-0.05, 0) is 29.7 Å². The van der Waals surface area contributed by atoms with E-state index in [9.17, 15) is 14.7 Å². The number of hydrogen-bond acceptors (Lipinski definition) is 3. The summed E-state index contributed by atoms with van der Waals surface area (Å²) < 4.78 is 0. The molecule has 3 rings (SSSR count). The highest BCUT2D eigenvalue weighted by atomic mass is 16.4. The molecule has 0 spiro atoms. The Morgan fingerprint density at radius 3 is 2.70 bits per heavy atom. The van der Waals surface area contributed by atoms with Gasteiger partial charge in [-0.1, -0.05) is 31.2 Å². The van der Waals surface area contributed by atoms with Crippen LogP contribution >= 0.6 is 0 Å². The molecule has 0 radical (unpaired) electrons. The number of amides is 1. The molecule has 23 heavy (non-hydrogen) atoms. The van der Waals surface area contributed by atoms with Gasteiger partial charge in [-0.15, -0.1) is 0 Å². The summed E-state index contributed by atoms with van der Waals surface area (Å²) in [6.07, 6.45) is 3.96. The largest absolute Gasteiger partial charge is 0.481 e. The van der Waals surface area contributed by atoms with Crippen LogP contribution in [0.2, 0.25) is 0 Å². The van der Waals surface area contributed by atoms with Gasteiger partial charge in [0, 0.05) is 30.5 Å². The topological polar surface area (TPSA) is 70.5 Å². The number of aromatic nitrogens is 1. The van der Waals surface area contributed by atoms with Crippen molar-refractivity contribution in [2.45, 2.75) is 31.8 Å². The first kappa shape index (κ1) is 15.2. The van der Waals surface area contributed by atoms with Crippen molar-refractivity contribution in [2.75, 3.05) is 0 Å². The lowest BCUT2D eigenvalue weighted by Gasteiger charge is -2.40. The van der Waals surface area contributed by atoms with Crippen molar-refractivity contribution in [3.8, 4) is 0 Å². The van der Waals surface area contributed by atoms with Gasteiger partial charge in [0.1, 0.15) is 5.92 Å². The normalized spacial score (nSPS) is 20.2. The number of carbonyl (C=O) groups is 2. The predicted octanol–water partition coefficient (Wildman–Crippen LogP) is 2.68. The number of hydrogen-bond donors (Lipinski definition) is 1. The quantitative estimate of drug-likeness (QED) is 0.942. The molecule has 118 valence electrons. The van der Waals surface area contributed by atoms with E-state index in [1.165, 1.54) is 0 Å². The third-order valence-electron chi connectivity index (χ3n) is 4.33. The fourth-order valence-corrected chi connectivity index (χ4v) is 3.29. The maximum atomic E-state index is 12.9. The van der Waals surface area contributed by atoms with Crippen molar-refractivity contribution in [2.24, 2.45) is 0 Å². The number of rotatable bonds is 4. The summed E-state index contributed by atoms with van der Waals surface area (Å²) >= 11 is 0. The standard InChI is InChI=1S/C18H18N2O3/c1-2-15-16(18(22)23)13-7-3-4-8-14(13)17(21)20(15)11-12-6-5-9-19-10-12/h3-10,15-16H,2,11H2,1H3,(H,22,23). The Hall–Kier alpha value is -2.69. The third-order valence-corrected chi connectivity index (χ3v) is 4.33. The van der Waals surface area contributed by atoms with Crippen LogP contribution in [0, 0.1) is 0 Å². The molecule has 0 saturated carbocycles. The maximum Gasteiger partial charge on any atom is 0.313 e. The number of fused-ring (bicyclic) bond motifs is 1. The van der Waals surface area contributed by atoms with Crippen LogP contribution in [0.3, 0.4) is 0 Å². The van der Waals surface area contributed by atoms with Gasteiger partial charge in [-0.3, -0.25) is 14.6 Å². The molecule has 1 aromatic heterocycles. The molecule has 0 bridgehead atoms. The van der Waals surface area contributed by atoms with Crippen LogP contribution in [0.25, 0.3) is 0 Å². The molecule has 1 N–H and O–H groups in total. The molecule has 2 unspecified atom stereocenters. The van der Waals surface area contributed by atoms with Crippen molar-refractivity contribution in [1.82, 2.24) is 9.88 Å². The van der Waals surface area contributed by atoms with Crippen molar-refractivity contribution in [1.29, 1.82) is 0 Å². The molecule has 0 saturated heterocycles. The molecular formula is C18H18N2O3. The van der Waals surface area contributed by atoms with Gasteiger partial charge in [-0.2, -0.15) is 0 Å². The van der Waals surface area contributed by atoms with E-state index in [1.807, 2.05) is 19.1 Å². The Kier molecular flexibility index (Phi) is 4.10. The van der Waals surface area contributed by atoms with Crippen molar-refractivity contribution < 1.29 is 14.7 Å². The van der Waals surface area contributed by atoms with Crippen LogP contribution in [0.4, 0.5) is 0 Å². The molecule has 0 aliphatic carbocycles. The molecule has 1 aromatic carbocycles. The van der Waals surface area contributed by atoms with Crippen LogP contribution in [-0.4, -0.2) is 32.9 Å². The first-order valence-electron chi connectivity index (χ1n) is 7.65. The van der Waals surface area contributed by atoms with E-state index >= 15 is 0 Å². The average Bonchev–Trinajstić information content (AvgIpc) is 2.57. The predicted molar refractivity (Wildman–Crippen MR) is 85.0 cm³/mol. The average molecular weight is 310 g/mol. The van der Waals surface area contributed by atoms with Crippen molar-refractivity contribution >= 4 is 11.9 Å². The van der Waals surface area contributed by atoms with E-state index in [2.05, 4.69) is 4.98 Å². The smallest absolute Gasteiger partial charge is 0.313 e. The van der Waals surface area contributed by atoms with Gasteiger partial charge in [0.25, 0.3) is 5.91 Å². The highest BCUT2D eigenvalue weighted by molar-refractivity contribution is 6.00. The Morgan fingerprint density at radius 2 is 2.04 bits per heavy atom. The van der Waals surface area contributed by atoms with Crippen LogP contribution in [0.15, 0.2) is 48.8 Å². The number of pyridine rings is 1. The third kappa shape index (κ3) is 2.70. The summed E-state index contributed by atoms with van der Waals surface area (Å²) in [5.41, 5.74) is 1.98.